The maximum Gasteiger partial charge on any atom is 0.234 e. The molecule has 1 aromatic heterocycles. The van der Waals surface area contributed by atoms with E-state index in [1.54, 1.807) is 0 Å². The average Bonchev–Trinajstić information content (AvgIpc) is 2.96. The molecule has 134 valence electrons. The molecule has 0 atom stereocenters. The van der Waals surface area contributed by atoms with E-state index < -0.39 is 0 Å². The highest BCUT2D eigenvalue weighted by Crippen LogP contribution is 2.25. The van der Waals surface area contributed by atoms with Gasteiger partial charge < -0.3 is 9.88 Å². The molecular formula is C19H19ClN4OS. The Labute approximate surface area is 161 Å². The number of aryl methyl sites for hydroxylation is 2. The normalized spacial score (nSPS) is 10.8. The number of carbonyl (C=O) groups is 1. The standard InChI is InChI=1S/C19H19ClN4OS/c1-12-7-8-16(13(2)9-12)21-17(25)11-26-19-23-22-18(24(19)3)14-5-4-6-15(20)10-14/h4-10H,11H2,1-3H3,(H,21,25). The fourth-order valence-corrected chi connectivity index (χ4v) is 3.49. The van der Waals surface area contributed by atoms with Crippen LogP contribution in [0.4, 0.5) is 5.69 Å². The van der Waals surface area contributed by atoms with Crippen molar-refractivity contribution in [3.63, 3.8) is 0 Å². The minimum absolute atomic E-state index is 0.0748. The Kier molecular flexibility index (Phi) is 5.64. The average molecular weight is 387 g/mol. The molecule has 1 amide bonds. The first-order valence-electron chi connectivity index (χ1n) is 8.09. The third-order valence-corrected chi connectivity index (χ3v) is 5.16. The lowest BCUT2D eigenvalue weighted by molar-refractivity contribution is -0.113. The van der Waals surface area contributed by atoms with Gasteiger partial charge in [0.15, 0.2) is 11.0 Å². The van der Waals surface area contributed by atoms with Crippen LogP contribution in [0.25, 0.3) is 11.4 Å². The lowest BCUT2D eigenvalue weighted by Gasteiger charge is -2.09. The monoisotopic (exact) mass is 386 g/mol. The summed E-state index contributed by atoms with van der Waals surface area (Å²) >= 11 is 7.39. The quantitative estimate of drug-likeness (QED) is 0.656. The molecule has 0 aliphatic rings. The molecule has 1 N–H and O–H groups in total. The smallest absolute Gasteiger partial charge is 0.234 e. The molecule has 0 bridgehead atoms. The van der Waals surface area contributed by atoms with Crippen molar-refractivity contribution in [2.75, 3.05) is 11.1 Å². The van der Waals surface area contributed by atoms with E-state index >= 15 is 0 Å². The van der Waals surface area contributed by atoms with Crippen molar-refractivity contribution in [1.29, 1.82) is 0 Å². The summed E-state index contributed by atoms with van der Waals surface area (Å²) in [6, 6.07) is 13.4. The lowest BCUT2D eigenvalue weighted by Crippen LogP contribution is -2.15. The van der Waals surface area contributed by atoms with E-state index in [0.29, 0.717) is 16.0 Å². The van der Waals surface area contributed by atoms with Gasteiger partial charge in [0.2, 0.25) is 5.91 Å². The summed E-state index contributed by atoms with van der Waals surface area (Å²) in [4.78, 5) is 12.2. The second-order valence-electron chi connectivity index (χ2n) is 6.03. The Morgan fingerprint density at radius 2 is 2.00 bits per heavy atom. The van der Waals surface area contributed by atoms with Crippen molar-refractivity contribution >= 4 is 35.0 Å². The number of hydrogen-bond donors (Lipinski definition) is 1. The van der Waals surface area contributed by atoms with E-state index in [2.05, 4.69) is 15.5 Å². The molecular weight excluding hydrogens is 368 g/mol. The van der Waals surface area contributed by atoms with Crippen LogP contribution in [0.2, 0.25) is 5.02 Å². The summed E-state index contributed by atoms with van der Waals surface area (Å²) in [5, 5.41) is 12.7. The van der Waals surface area contributed by atoms with Gasteiger partial charge >= 0.3 is 0 Å². The number of aromatic nitrogens is 3. The molecule has 0 unspecified atom stereocenters. The van der Waals surface area contributed by atoms with Gasteiger partial charge in [0.25, 0.3) is 0 Å². The van der Waals surface area contributed by atoms with Crippen molar-refractivity contribution in [1.82, 2.24) is 14.8 Å². The molecule has 0 spiro atoms. The summed E-state index contributed by atoms with van der Waals surface area (Å²) in [5.41, 5.74) is 3.94. The van der Waals surface area contributed by atoms with Gasteiger partial charge in [-0.1, -0.05) is 53.2 Å². The molecule has 2 aromatic carbocycles. The minimum Gasteiger partial charge on any atom is -0.325 e. The van der Waals surface area contributed by atoms with E-state index in [-0.39, 0.29) is 11.7 Å². The molecule has 0 saturated heterocycles. The Balaban J connectivity index is 1.66. The molecule has 26 heavy (non-hydrogen) atoms. The number of amides is 1. The molecule has 3 rings (SSSR count). The fourth-order valence-electron chi connectivity index (χ4n) is 2.59. The number of anilines is 1. The number of benzene rings is 2. The second-order valence-corrected chi connectivity index (χ2v) is 7.41. The number of rotatable bonds is 5. The molecule has 0 aliphatic carbocycles. The number of nitrogens with zero attached hydrogens (tertiary/aromatic N) is 3. The summed E-state index contributed by atoms with van der Waals surface area (Å²) in [6.07, 6.45) is 0. The highest BCUT2D eigenvalue weighted by atomic mass is 35.5. The minimum atomic E-state index is -0.0748. The molecule has 0 fully saturated rings. The van der Waals surface area contributed by atoms with Gasteiger partial charge in [-0.3, -0.25) is 4.79 Å². The fraction of sp³-hybridized carbons (Fsp3) is 0.211. The van der Waals surface area contributed by atoms with Crippen LogP contribution in [0.1, 0.15) is 11.1 Å². The number of hydrogen-bond acceptors (Lipinski definition) is 4. The maximum atomic E-state index is 12.2. The molecule has 0 radical (unpaired) electrons. The third-order valence-electron chi connectivity index (χ3n) is 3.91. The van der Waals surface area contributed by atoms with E-state index in [1.165, 1.54) is 17.3 Å². The molecule has 0 aliphatic heterocycles. The maximum absolute atomic E-state index is 12.2. The molecule has 7 heteroatoms. The zero-order valence-corrected chi connectivity index (χ0v) is 16.4. The van der Waals surface area contributed by atoms with E-state index in [0.717, 1.165) is 16.8 Å². The van der Waals surface area contributed by atoms with Crippen LogP contribution >= 0.6 is 23.4 Å². The topological polar surface area (TPSA) is 59.8 Å². The van der Waals surface area contributed by atoms with Crippen molar-refractivity contribution < 1.29 is 4.79 Å². The van der Waals surface area contributed by atoms with Crippen molar-refractivity contribution in [3.05, 3.63) is 58.6 Å². The SMILES string of the molecule is Cc1ccc(NC(=O)CSc2nnc(-c3cccc(Cl)c3)n2C)c(C)c1. The summed E-state index contributed by atoms with van der Waals surface area (Å²) in [7, 11) is 1.88. The van der Waals surface area contributed by atoms with Gasteiger partial charge in [0.05, 0.1) is 5.75 Å². The van der Waals surface area contributed by atoms with Gasteiger partial charge in [0, 0.05) is 23.3 Å². The van der Waals surface area contributed by atoms with Crippen molar-refractivity contribution in [2.24, 2.45) is 7.05 Å². The van der Waals surface area contributed by atoms with Crippen LogP contribution < -0.4 is 5.32 Å². The summed E-state index contributed by atoms with van der Waals surface area (Å²) < 4.78 is 1.86. The largest absolute Gasteiger partial charge is 0.325 e. The summed E-state index contributed by atoms with van der Waals surface area (Å²) in [5.74, 6) is 0.897. The van der Waals surface area contributed by atoms with Crippen molar-refractivity contribution in [2.45, 2.75) is 19.0 Å². The van der Waals surface area contributed by atoms with Crippen LogP contribution in [0.3, 0.4) is 0 Å². The third kappa shape index (κ3) is 4.26. The van der Waals surface area contributed by atoms with Crippen LogP contribution in [-0.2, 0) is 11.8 Å². The molecule has 1 heterocycles. The highest BCUT2D eigenvalue weighted by molar-refractivity contribution is 7.99. The Morgan fingerprint density at radius 3 is 2.73 bits per heavy atom. The van der Waals surface area contributed by atoms with Gasteiger partial charge in [0.1, 0.15) is 0 Å². The predicted octanol–water partition coefficient (Wildman–Crippen LogP) is 4.48. The number of carbonyl (C=O) groups excluding carboxylic acids is 1. The number of halogens is 1. The Bertz CT molecular complexity index is 954. The van der Waals surface area contributed by atoms with Gasteiger partial charge in [-0.2, -0.15) is 0 Å². The van der Waals surface area contributed by atoms with Crippen molar-refractivity contribution in [3.8, 4) is 11.4 Å². The first kappa shape index (κ1) is 18.5. The lowest BCUT2D eigenvalue weighted by atomic mass is 10.1. The van der Waals surface area contributed by atoms with Crippen LogP contribution in [0, 0.1) is 13.8 Å². The molecule has 5 nitrogen and oxygen atoms in total. The van der Waals surface area contributed by atoms with Crippen LogP contribution in [0.15, 0.2) is 47.6 Å². The Morgan fingerprint density at radius 1 is 1.19 bits per heavy atom. The highest BCUT2D eigenvalue weighted by Gasteiger charge is 2.13. The first-order chi connectivity index (χ1) is 12.4. The van der Waals surface area contributed by atoms with Crippen LogP contribution in [0.5, 0.6) is 0 Å². The van der Waals surface area contributed by atoms with Gasteiger partial charge in [-0.05, 0) is 37.6 Å². The second kappa shape index (κ2) is 7.93. The van der Waals surface area contributed by atoms with E-state index in [9.17, 15) is 4.79 Å². The summed E-state index contributed by atoms with van der Waals surface area (Å²) in [6.45, 7) is 4.01. The number of nitrogens with one attached hydrogen (secondary N) is 1. The van der Waals surface area contributed by atoms with Gasteiger partial charge in [-0.15, -0.1) is 10.2 Å². The first-order valence-corrected chi connectivity index (χ1v) is 9.45. The Hall–Kier alpha value is -2.31. The van der Waals surface area contributed by atoms with Gasteiger partial charge in [-0.25, -0.2) is 0 Å². The number of thioether (sulfide) groups is 1. The van der Waals surface area contributed by atoms with E-state index in [4.69, 9.17) is 11.6 Å². The molecule has 3 aromatic rings. The van der Waals surface area contributed by atoms with E-state index in [1.807, 2.05) is 67.9 Å². The zero-order valence-electron chi connectivity index (χ0n) is 14.8. The predicted molar refractivity (Wildman–Crippen MR) is 107 cm³/mol. The molecule has 0 saturated carbocycles. The van der Waals surface area contributed by atoms with Crippen LogP contribution in [-0.4, -0.2) is 26.4 Å². The zero-order chi connectivity index (χ0) is 18.7.